The van der Waals surface area contributed by atoms with E-state index in [0.29, 0.717) is 13.0 Å². The van der Waals surface area contributed by atoms with Gasteiger partial charge in [0.2, 0.25) is 0 Å². The molecule has 2 aromatic carbocycles. The van der Waals surface area contributed by atoms with Crippen molar-refractivity contribution in [2.24, 2.45) is 0 Å². The SMILES string of the molecule is CC(C)(C)N(C(=O)O)[C@@H](Cc1ccc(OCc2ccccc2)cc1)C(=O)CBr. The van der Waals surface area contributed by atoms with Gasteiger partial charge in [0.05, 0.1) is 11.4 Å². The van der Waals surface area contributed by atoms with Crippen LogP contribution < -0.4 is 4.74 Å². The molecule has 28 heavy (non-hydrogen) atoms. The van der Waals surface area contributed by atoms with Crippen LogP contribution in [0.3, 0.4) is 0 Å². The minimum atomic E-state index is -1.10. The molecule has 150 valence electrons. The maximum absolute atomic E-state index is 12.5. The van der Waals surface area contributed by atoms with E-state index < -0.39 is 17.7 Å². The van der Waals surface area contributed by atoms with Crippen molar-refractivity contribution in [1.29, 1.82) is 0 Å². The first kappa shape index (κ1) is 22.0. The average Bonchev–Trinajstić information content (AvgIpc) is 2.65. The number of carboxylic acid groups (broad SMARTS) is 1. The molecule has 0 aliphatic rings. The van der Waals surface area contributed by atoms with Crippen LogP contribution in [0.1, 0.15) is 31.9 Å². The molecule has 0 aliphatic carbocycles. The zero-order chi connectivity index (χ0) is 20.7. The summed E-state index contributed by atoms with van der Waals surface area (Å²) in [6, 6.07) is 16.6. The molecule has 5 nitrogen and oxygen atoms in total. The van der Waals surface area contributed by atoms with Gasteiger partial charge in [-0.05, 0) is 44.0 Å². The van der Waals surface area contributed by atoms with Crippen LogP contribution in [-0.4, -0.2) is 38.8 Å². The van der Waals surface area contributed by atoms with Crippen molar-refractivity contribution >= 4 is 27.8 Å². The van der Waals surface area contributed by atoms with Gasteiger partial charge in [0.25, 0.3) is 0 Å². The number of carbonyl (C=O) groups excluding carboxylic acids is 1. The first-order chi connectivity index (χ1) is 13.2. The molecule has 0 unspecified atom stereocenters. The summed E-state index contributed by atoms with van der Waals surface area (Å²) in [5.41, 5.74) is 1.27. The molecule has 0 heterocycles. The van der Waals surface area contributed by atoms with Gasteiger partial charge in [-0.1, -0.05) is 58.4 Å². The summed E-state index contributed by atoms with van der Waals surface area (Å²) in [7, 11) is 0. The number of halogens is 1. The van der Waals surface area contributed by atoms with Crippen molar-refractivity contribution in [1.82, 2.24) is 4.90 Å². The third kappa shape index (κ3) is 6.09. The van der Waals surface area contributed by atoms with E-state index >= 15 is 0 Å². The van der Waals surface area contributed by atoms with Crippen LogP contribution >= 0.6 is 15.9 Å². The molecule has 1 amide bonds. The van der Waals surface area contributed by atoms with Gasteiger partial charge in [-0.25, -0.2) is 4.79 Å². The molecule has 2 aromatic rings. The van der Waals surface area contributed by atoms with Gasteiger partial charge in [-0.15, -0.1) is 0 Å². The minimum absolute atomic E-state index is 0.107. The average molecular weight is 448 g/mol. The van der Waals surface area contributed by atoms with Gasteiger partial charge in [-0.2, -0.15) is 0 Å². The Labute approximate surface area is 174 Å². The first-order valence-electron chi connectivity index (χ1n) is 9.09. The lowest BCUT2D eigenvalue weighted by molar-refractivity contribution is -0.122. The lowest BCUT2D eigenvalue weighted by atomic mass is 9.96. The summed E-state index contributed by atoms with van der Waals surface area (Å²) in [5, 5.41) is 9.77. The fourth-order valence-corrected chi connectivity index (χ4v) is 3.39. The molecule has 0 saturated heterocycles. The highest BCUT2D eigenvalue weighted by Crippen LogP contribution is 2.23. The topological polar surface area (TPSA) is 66.8 Å². The molecule has 2 rings (SSSR count). The Balaban J connectivity index is 2.11. The highest BCUT2D eigenvalue weighted by molar-refractivity contribution is 9.09. The van der Waals surface area contributed by atoms with Crippen molar-refractivity contribution < 1.29 is 19.4 Å². The van der Waals surface area contributed by atoms with Crippen molar-refractivity contribution in [2.45, 2.75) is 45.4 Å². The van der Waals surface area contributed by atoms with Gasteiger partial charge >= 0.3 is 6.09 Å². The number of ketones is 1. The normalized spacial score (nSPS) is 12.3. The molecule has 0 radical (unpaired) electrons. The second-order valence-corrected chi connectivity index (χ2v) is 8.12. The van der Waals surface area contributed by atoms with E-state index in [1.54, 1.807) is 20.8 Å². The Kier molecular flexibility index (Phi) is 7.63. The Bertz CT molecular complexity index is 784. The second kappa shape index (κ2) is 9.73. The summed E-state index contributed by atoms with van der Waals surface area (Å²) in [4.78, 5) is 25.5. The zero-order valence-electron chi connectivity index (χ0n) is 16.4. The molecule has 1 atom stereocenters. The maximum atomic E-state index is 12.5. The van der Waals surface area contributed by atoms with Crippen molar-refractivity contribution in [2.75, 3.05) is 5.33 Å². The Morgan fingerprint density at radius 1 is 1.04 bits per heavy atom. The summed E-state index contributed by atoms with van der Waals surface area (Å²) < 4.78 is 5.78. The molecule has 0 bridgehead atoms. The quantitative estimate of drug-likeness (QED) is 0.583. The Morgan fingerprint density at radius 2 is 1.64 bits per heavy atom. The van der Waals surface area contributed by atoms with Crippen LogP contribution in [0.4, 0.5) is 4.79 Å². The summed E-state index contributed by atoms with van der Waals surface area (Å²) >= 11 is 3.18. The van der Waals surface area contributed by atoms with Crippen LogP contribution in [0.15, 0.2) is 54.6 Å². The van der Waals surface area contributed by atoms with Crippen molar-refractivity contribution in [3.63, 3.8) is 0 Å². The van der Waals surface area contributed by atoms with Crippen molar-refractivity contribution in [3.8, 4) is 5.75 Å². The molecular formula is C22H26BrNO4. The summed E-state index contributed by atoms with van der Waals surface area (Å²) in [5.74, 6) is 0.559. The van der Waals surface area contributed by atoms with E-state index in [-0.39, 0.29) is 11.1 Å². The third-order valence-electron chi connectivity index (χ3n) is 4.34. The highest BCUT2D eigenvalue weighted by Gasteiger charge is 2.36. The largest absolute Gasteiger partial charge is 0.489 e. The summed E-state index contributed by atoms with van der Waals surface area (Å²) in [6.45, 7) is 5.84. The molecular weight excluding hydrogens is 422 g/mol. The van der Waals surface area contributed by atoms with Gasteiger partial charge < -0.3 is 9.84 Å². The fourth-order valence-electron chi connectivity index (χ4n) is 3.01. The minimum Gasteiger partial charge on any atom is -0.489 e. The van der Waals surface area contributed by atoms with E-state index in [9.17, 15) is 14.7 Å². The van der Waals surface area contributed by atoms with E-state index in [1.807, 2.05) is 54.6 Å². The number of benzene rings is 2. The zero-order valence-corrected chi connectivity index (χ0v) is 18.0. The third-order valence-corrected chi connectivity index (χ3v) is 4.90. The van der Waals surface area contributed by atoms with Crippen LogP contribution in [0.2, 0.25) is 0 Å². The molecule has 0 aromatic heterocycles. The number of alkyl halides is 1. The van der Waals surface area contributed by atoms with E-state index in [1.165, 1.54) is 4.90 Å². The second-order valence-electron chi connectivity index (χ2n) is 7.56. The first-order valence-corrected chi connectivity index (χ1v) is 10.2. The molecule has 0 saturated carbocycles. The molecule has 0 fully saturated rings. The Morgan fingerprint density at radius 3 is 2.14 bits per heavy atom. The van der Waals surface area contributed by atoms with Crippen LogP contribution in [-0.2, 0) is 17.8 Å². The highest BCUT2D eigenvalue weighted by atomic mass is 79.9. The number of carbonyl (C=O) groups is 2. The monoisotopic (exact) mass is 447 g/mol. The summed E-state index contributed by atoms with van der Waals surface area (Å²) in [6.07, 6.45) is -0.790. The molecule has 0 aliphatic heterocycles. The predicted molar refractivity (Wildman–Crippen MR) is 113 cm³/mol. The number of amides is 1. The number of hydrogen-bond acceptors (Lipinski definition) is 3. The molecule has 0 spiro atoms. The van der Waals surface area contributed by atoms with Crippen LogP contribution in [0.25, 0.3) is 0 Å². The van der Waals surface area contributed by atoms with Gasteiger partial charge in [0, 0.05) is 12.0 Å². The van der Waals surface area contributed by atoms with Gasteiger partial charge in [-0.3, -0.25) is 9.69 Å². The standard InChI is InChI=1S/C22H26BrNO4/c1-22(2,3)24(21(26)27)19(20(25)14-23)13-16-9-11-18(12-10-16)28-15-17-7-5-4-6-8-17/h4-12,19H,13-15H2,1-3H3,(H,26,27)/t19-/m0/s1. The van der Waals surface area contributed by atoms with Crippen LogP contribution in [0.5, 0.6) is 5.75 Å². The van der Waals surface area contributed by atoms with E-state index in [0.717, 1.165) is 16.9 Å². The van der Waals surface area contributed by atoms with Crippen LogP contribution in [0, 0.1) is 0 Å². The lowest BCUT2D eigenvalue weighted by Gasteiger charge is -2.38. The maximum Gasteiger partial charge on any atom is 0.408 e. The van der Waals surface area contributed by atoms with E-state index in [2.05, 4.69) is 15.9 Å². The smallest absolute Gasteiger partial charge is 0.408 e. The number of rotatable bonds is 8. The predicted octanol–water partition coefficient (Wildman–Crippen LogP) is 4.92. The molecule has 1 N–H and O–H groups in total. The lowest BCUT2D eigenvalue weighted by Crippen LogP contribution is -2.55. The Hall–Kier alpha value is -2.34. The van der Waals surface area contributed by atoms with Crippen molar-refractivity contribution in [3.05, 3.63) is 65.7 Å². The number of ether oxygens (including phenoxy) is 1. The molecule has 6 heteroatoms. The van der Waals surface area contributed by atoms with E-state index in [4.69, 9.17) is 4.74 Å². The number of nitrogens with zero attached hydrogens (tertiary/aromatic N) is 1. The van der Waals surface area contributed by atoms with Gasteiger partial charge in [0.15, 0.2) is 5.78 Å². The van der Waals surface area contributed by atoms with Gasteiger partial charge in [0.1, 0.15) is 12.4 Å². The number of hydrogen-bond donors (Lipinski definition) is 1. The number of Topliss-reactive ketones (excluding diaryl/α,β-unsaturated/α-hetero) is 1. The fraction of sp³-hybridized carbons (Fsp3) is 0.364.